The van der Waals surface area contributed by atoms with Gasteiger partial charge in [-0.25, -0.2) is 4.68 Å². The van der Waals surface area contributed by atoms with Crippen LogP contribution in [-0.2, 0) is 19.1 Å². The molecule has 0 unspecified atom stereocenters. The Hall–Kier alpha value is -4.77. The highest BCUT2D eigenvalue weighted by molar-refractivity contribution is 6.19. The molecule has 3 aromatic rings. The van der Waals surface area contributed by atoms with Gasteiger partial charge in [0.25, 0.3) is 11.8 Å². The normalized spacial score (nSPS) is 14.8. The number of amides is 2. The predicted octanol–water partition coefficient (Wildman–Crippen LogP) is 4.39. The summed E-state index contributed by atoms with van der Waals surface area (Å²) >= 11 is 0. The lowest BCUT2D eigenvalue weighted by molar-refractivity contribution is -0.141. The number of rotatable bonds is 7. The molecule has 0 spiro atoms. The molecular formula is C29H26N4O4. The van der Waals surface area contributed by atoms with Crippen molar-refractivity contribution in [2.45, 2.75) is 27.2 Å². The molecule has 1 aliphatic rings. The van der Waals surface area contributed by atoms with Gasteiger partial charge < -0.3 is 4.74 Å². The molecule has 0 saturated heterocycles. The summed E-state index contributed by atoms with van der Waals surface area (Å²) in [5.74, 6) is -1.60. The molecule has 37 heavy (non-hydrogen) atoms. The van der Waals surface area contributed by atoms with Gasteiger partial charge in [-0.1, -0.05) is 48.0 Å². The van der Waals surface area contributed by atoms with Gasteiger partial charge in [0.15, 0.2) is 0 Å². The number of nitriles is 1. The van der Waals surface area contributed by atoms with Crippen LogP contribution in [0.4, 0.5) is 0 Å². The van der Waals surface area contributed by atoms with E-state index in [1.165, 1.54) is 6.92 Å². The molecule has 2 aromatic carbocycles. The molecule has 186 valence electrons. The summed E-state index contributed by atoms with van der Waals surface area (Å²) < 4.78 is 6.66. The van der Waals surface area contributed by atoms with Crippen LogP contribution in [0.25, 0.3) is 23.0 Å². The minimum absolute atomic E-state index is 0.0227. The highest BCUT2D eigenvalue weighted by Crippen LogP contribution is 2.31. The number of carbonyl (C=O) groups is 3. The third-order valence-corrected chi connectivity index (χ3v) is 6.04. The Labute approximate surface area is 215 Å². The molecule has 4 rings (SSSR count). The van der Waals surface area contributed by atoms with Crippen LogP contribution >= 0.6 is 0 Å². The zero-order valence-electron chi connectivity index (χ0n) is 20.9. The van der Waals surface area contributed by atoms with E-state index in [0.717, 1.165) is 21.7 Å². The summed E-state index contributed by atoms with van der Waals surface area (Å²) in [6.45, 7) is 4.98. The lowest BCUT2D eigenvalue weighted by Crippen LogP contribution is -2.43. The monoisotopic (exact) mass is 494 g/mol. The van der Waals surface area contributed by atoms with Gasteiger partial charge in [0, 0.05) is 36.4 Å². The highest BCUT2D eigenvalue weighted by atomic mass is 16.5. The average Bonchev–Trinajstić information content (AvgIpc) is 3.31. The van der Waals surface area contributed by atoms with Crippen molar-refractivity contribution in [3.8, 4) is 23.0 Å². The molecule has 8 nitrogen and oxygen atoms in total. The molecule has 1 aliphatic heterocycles. The van der Waals surface area contributed by atoms with Crippen LogP contribution in [0.3, 0.4) is 0 Å². The van der Waals surface area contributed by atoms with E-state index in [4.69, 9.17) is 9.84 Å². The second kappa shape index (κ2) is 10.9. The Morgan fingerprint density at radius 3 is 2.41 bits per heavy atom. The van der Waals surface area contributed by atoms with Gasteiger partial charge in [0.05, 0.1) is 18.0 Å². The quantitative estimate of drug-likeness (QED) is 0.209. The van der Waals surface area contributed by atoms with Crippen molar-refractivity contribution in [3.63, 3.8) is 0 Å². The van der Waals surface area contributed by atoms with E-state index in [1.807, 2.05) is 73.8 Å². The second-order valence-corrected chi connectivity index (χ2v) is 8.70. The number of aryl methyl sites for hydroxylation is 1. The molecule has 0 fully saturated rings. The maximum atomic E-state index is 13.5. The Bertz CT molecular complexity index is 1460. The maximum absolute atomic E-state index is 13.5. The van der Waals surface area contributed by atoms with Crippen molar-refractivity contribution in [2.24, 2.45) is 0 Å². The fraction of sp³-hybridized carbons (Fsp3) is 0.207. The van der Waals surface area contributed by atoms with E-state index >= 15 is 0 Å². The Kier molecular flexibility index (Phi) is 7.44. The third-order valence-electron chi connectivity index (χ3n) is 6.04. The van der Waals surface area contributed by atoms with E-state index in [0.29, 0.717) is 16.8 Å². The van der Waals surface area contributed by atoms with Crippen molar-refractivity contribution < 1.29 is 19.1 Å². The zero-order chi connectivity index (χ0) is 26.5. The number of hydrogen-bond donors (Lipinski definition) is 0. The van der Waals surface area contributed by atoms with Gasteiger partial charge in [0.2, 0.25) is 0 Å². The smallest absolute Gasteiger partial charge is 0.302 e. The molecular weight excluding hydrogens is 468 g/mol. The first-order chi connectivity index (χ1) is 17.8. The molecule has 2 heterocycles. The summed E-state index contributed by atoms with van der Waals surface area (Å²) in [7, 11) is 0. The number of ether oxygens (including phenoxy) is 1. The van der Waals surface area contributed by atoms with Gasteiger partial charge in [-0.3, -0.25) is 19.3 Å². The van der Waals surface area contributed by atoms with Crippen LogP contribution in [0.1, 0.15) is 31.4 Å². The third kappa shape index (κ3) is 5.41. The first-order valence-electron chi connectivity index (χ1n) is 11.8. The molecule has 0 atom stereocenters. The Morgan fingerprint density at radius 2 is 1.76 bits per heavy atom. The lowest BCUT2D eigenvalue weighted by Gasteiger charge is -2.27. The topological polar surface area (TPSA) is 105 Å². The molecule has 0 saturated carbocycles. The Morgan fingerprint density at radius 1 is 1.05 bits per heavy atom. The van der Waals surface area contributed by atoms with Crippen LogP contribution in [0.15, 0.2) is 77.5 Å². The minimum atomic E-state index is -0.649. The molecule has 0 aliphatic carbocycles. The van der Waals surface area contributed by atoms with Crippen molar-refractivity contribution >= 4 is 23.9 Å². The lowest BCUT2D eigenvalue weighted by atomic mass is 9.93. The van der Waals surface area contributed by atoms with E-state index in [2.05, 4.69) is 0 Å². The predicted molar refractivity (Wildman–Crippen MR) is 138 cm³/mol. The average molecular weight is 495 g/mol. The van der Waals surface area contributed by atoms with E-state index in [1.54, 1.807) is 17.7 Å². The van der Waals surface area contributed by atoms with Crippen LogP contribution < -0.4 is 0 Å². The number of nitrogens with zero attached hydrogens (tertiary/aromatic N) is 4. The van der Waals surface area contributed by atoms with Crippen molar-refractivity contribution in [2.75, 3.05) is 13.2 Å². The largest absolute Gasteiger partial charge is 0.466 e. The fourth-order valence-corrected chi connectivity index (χ4v) is 4.07. The maximum Gasteiger partial charge on any atom is 0.302 e. The first-order valence-corrected chi connectivity index (χ1v) is 11.8. The summed E-state index contributed by atoms with van der Waals surface area (Å²) in [4.78, 5) is 38.4. The van der Waals surface area contributed by atoms with Gasteiger partial charge in [-0.05, 0) is 44.1 Å². The minimum Gasteiger partial charge on any atom is -0.466 e. The highest BCUT2D eigenvalue weighted by Gasteiger charge is 2.35. The van der Waals surface area contributed by atoms with Gasteiger partial charge in [0.1, 0.15) is 11.6 Å². The SMILES string of the molecule is CC(=O)OCCCN1C(=O)C(C#N)=C(C)/C(=C/c2cn(-c3ccccc3)nc2-c2ccc(C)cc2)C1=O. The van der Waals surface area contributed by atoms with Crippen LogP contribution in [0.5, 0.6) is 0 Å². The van der Waals surface area contributed by atoms with Crippen molar-refractivity contribution in [1.82, 2.24) is 14.7 Å². The molecule has 8 heteroatoms. The second-order valence-electron chi connectivity index (χ2n) is 8.70. The first kappa shape index (κ1) is 25.3. The molecule has 0 bridgehead atoms. The summed E-state index contributed by atoms with van der Waals surface area (Å²) in [6.07, 6.45) is 3.77. The number of imide groups is 1. The van der Waals surface area contributed by atoms with Gasteiger partial charge in [-0.2, -0.15) is 10.4 Å². The summed E-state index contributed by atoms with van der Waals surface area (Å²) in [5.41, 5.74) is 4.62. The van der Waals surface area contributed by atoms with E-state index in [-0.39, 0.29) is 30.7 Å². The Balaban J connectivity index is 1.80. The number of hydrogen-bond acceptors (Lipinski definition) is 6. The van der Waals surface area contributed by atoms with Crippen LogP contribution in [0, 0.1) is 18.3 Å². The number of esters is 1. The summed E-state index contributed by atoms with van der Waals surface area (Å²) in [6, 6.07) is 19.5. The number of para-hydroxylation sites is 1. The van der Waals surface area contributed by atoms with E-state index in [9.17, 15) is 19.6 Å². The van der Waals surface area contributed by atoms with Gasteiger partial charge >= 0.3 is 5.97 Å². The molecule has 0 N–H and O–H groups in total. The number of benzene rings is 2. The van der Waals surface area contributed by atoms with Crippen molar-refractivity contribution in [1.29, 1.82) is 5.26 Å². The number of aromatic nitrogens is 2. The standard InChI is InChI=1S/C29H26N4O4/c1-19-10-12-22(13-11-19)27-23(18-33(31-27)24-8-5-4-6-9-24)16-25-20(2)26(17-30)29(36)32(28(25)35)14-7-15-37-21(3)34/h4-6,8-13,16,18H,7,14-15H2,1-3H3/b25-16-. The number of carbonyl (C=O) groups excluding carboxylic acids is 3. The molecule has 1 aromatic heterocycles. The van der Waals surface area contributed by atoms with Crippen LogP contribution in [0.2, 0.25) is 0 Å². The summed E-state index contributed by atoms with van der Waals surface area (Å²) in [5, 5.41) is 14.5. The van der Waals surface area contributed by atoms with Crippen molar-refractivity contribution in [3.05, 3.63) is 88.6 Å². The van der Waals surface area contributed by atoms with E-state index < -0.39 is 17.8 Å². The van der Waals surface area contributed by atoms with Crippen LogP contribution in [-0.4, -0.2) is 45.6 Å². The molecule has 0 radical (unpaired) electrons. The molecule has 2 amide bonds. The van der Waals surface area contributed by atoms with Gasteiger partial charge in [-0.15, -0.1) is 0 Å². The fourth-order valence-electron chi connectivity index (χ4n) is 4.07. The zero-order valence-corrected chi connectivity index (χ0v) is 20.9.